The molecular formula is C12H17ClFNO3S. The highest BCUT2D eigenvalue weighted by molar-refractivity contribution is 7.89. The number of hydrogen-bond acceptors (Lipinski definition) is 3. The zero-order chi connectivity index (χ0) is 15.1. The Morgan fingerprint density at radius 2 is 1.79 bits per heavy atom. The zero-order valence-electron chi connectivity index (χ0n) is 11.2. The van der Waals surface area contributed by atoms with Crippen molar-refractivity contribution in [1.29, 1.82) is 0 Å². The lowest BCUT2D eigenvalue weighted by Gasteiger charge is -2.37. The highest BCUT2D eigenvalue weighted by Gasteiger charge is 2.39. The van der Waals surface area contributed by atoms with E-state index in [1.165, 1.54) is 13.8 Å². The summed E-state index contributed by atoms with van der Waals surface area (Å²) in [6.45, 7) is 6.06. The second kappa shape index (κ2) is 5.01. The topological polar surface area (TPSA) is 66.4 Å². The van der Waals surface area contributed by atoms with Crippen molar-refractivity contribution in [3.05, 3.63) is 29.0 Å². The van der Waals surface area contributed by atoms with Gasteiger partial charge in [0.1, 0.15) is 10.7 Å². The second-order valence-electron chi connectivity index (χ2n) is 5.36. The average molecular weight is 310 g/mol. The molecule has 0 amide bonds. The van der Waals surface area contributed by atoms with Crippen molar-refractivity contribution in [1.82, 2.24) is 4.72 Å². The van der Waals surface area contributed by atoms with Gasteiger partial charge in [-0.05, 0) is 45.9 Å². The van der Waals surface area contributed by atoms with Gasteiger partial charge >= 0.3 is 0 Å². The minimum absolute atomic E-state index is 0.209. The van der Waals surface area contributed by atoms with Gasteiger partial charge in [-0.25, -0.2) is 17.5 Å². The Morgan fingerprint density at radius 3 is 2.21 bits per heavy atom. The number of nitrogens with one attached hydrogen (secondary N) is 1. The first-order valence-corrected chi connectivity index (χ1v) is 7.44. The van der Waals surface area contributed by atoms with Crippen molar-refractivity contribution in [2.24, 2.45) is 0 Å². The highest BCUT2D eigenvalue weighted by Crippen LogP contribution is 2.27. The molecule has 7 heteroatoms. The molecule has 0 aromatic heterocycles. The maximum Gasteiger partial charge on any atom is 0.242 e. The van der Waals surface area contributed by atoms with E-state index in [0.717, 1.165) is 18.2 Å². The molecule has 1 rings (SSSR count). The highest BCUT2D eigenvalue weighted by atomic mass is 35.5. The Bertz CT molecular complexity index is 579. The molecule has 0 atom stereocenters. The van der Waals surface area contributed by atoms with Crippen LogP contribution in [0.1, 0.15) is 27.7 Å². The van der Waals surface area contributed by atoms with E-state index in [-0.39, 0.29) is 9.92 Å². The van der Waals surface area contributed by atoms with Gasteiger partial charge < -0.3 is 5.11 Å². The molecule has 0 radical (unpaired) electrons. The van der Waals surface area contributed by atoms with Gasteiger partial charge in [0.25, 0.3) is 0 Å². The molecule has 0 aliphatic rings. The van der Waals surface area contributed by atoms with Crippen LogP contribution >= 0.6 is 11.6 Å². The Kier molecular flexibility index (Phi) is 4.32. The Morgan fingerprint density at radius 1 is 1.26 bits per heavy atom. The fourth-order valence-electron chi connectivity index (χ4n) is 1.21. The maximum absolute atomic E-state index is 12.9. The lowest BCUT2D eigenvalue weighted by atomic mass is 9.87. The SMILES string of the molecule is CC(C)(O)C(C)(C)NS(=O)(=O)c1ccc(F)cc1Cl. The van der Waals surface area contributed by atoms with Gasteiger partial charge in [-0.3, -0.25) is 0 Å². The third-order valence-corrected chi connectivity index (χ3v) is 5.24. The lowest BCUT2D eigenvalue weighted by Crippen LogP contribution is -2.57. The van der Waals surface area contributed by atoms with Gasteiger partial charge in [0.15, 0.2) is 0 Å². The molecule has 0 spiro atoms. The van der Waals surface area contributed by atoms with Crippen LogP contribution in [0.2, 0.25) is 5.02 Å². The van der Waals surface area contributed by atoms with Crippen LogP contribution in [0.4, 0.5) is 4.39 Å². The fourth-order valence-corrected chi connectivity index (χ4v) is 3.28. The van der Waals surface area contributed by atoms with Crippen LogP contribution in [0.15, 0.2) is 23.1 Å². The zero-order valence-corrected chi connectivity index (χ0v) is 12.7. The molecule has 0 unspecified atom stereocenters. The van der Waals surface area contributed by atoms with E-state index in [1.807, 2.05) is 0 Å². The first kappa shape index (κ1) is 16.4. The number of hydrogen-bond donors (Lipinski definition) is 2. The van der Waals surface area contributed by atoms with Crippen molar-refractivity contribution in [2.75, 3.05) is 0 Å². The number of benzene rings is 1. The first-order valence-electron chi connectivity index (χ1n) is 5.58. The summed E-state index contributed by atoms with van der Waals surface area (Å²) in [5.41, 5.74) is -2.41. The second-order valence-corrected chi connectivity index (χ2v) is 7.42. The van der Waals surface area contributed by atoms with Crippen LogP contribution in [0, 0.1) is 5.82 Å². The number of halogens is 2. The van der Waals surface area contributed by atoms with Crippen LogP contribution in [0.25, 0.3) is 0 Å². The van der Waals surface area contributed by atoms with Crippen molar-refractivity contribution >= 4 is 21.6 Å². The molecule has 0 bridgehead atoms. The fraction of sp³-hybridized carbons (Fsp3) is 0.500. The van der Waals surface area contributed by atoms with Gasteiger partial charge in [0, 0.05) is 0 Å². The summed E-state index contributed by atoms with van der Waals surface area (Å²) in [7, 11) is -3.96. The van der Waals surface area contributed by atoms with E-state index in [2.05, 4.69) is 4.72 Å². The quantitative estimate of drug-likeness (QED) is 0.897. The molecule has 4 nitrogen and oxygen atoms in total. The predicted octanol–water partition coefficient (Wildman–Crippen LogP) is 2.31. The van der Waals surface area contributed by atoms with Gasteiger partial charge in [0.05, 0.1) is 16.2 Å². The molecule has 108 valence electrons. The molecule has 0 saturated carbocycles. The Balaban J connectivity index is 3.20. The molecule has 0 heterocycles. The molecule has 1 aromatic rings. The minimum atomic E-state index is -3.96. The van der Waals surface area contributed by atoms with Gasteiger partial charge in [0.2, 0.25) is 10.0 Å². The summed E-state index contributed by atoms with van der Waals surface area (Å²) in [6, 6.07) is 3.02. The van der Waals surface area contributed by atoms with Crippen LogP contribution in [-0.2, 0) is 10.0 Å². The van der Waals surface area contributed by atoms with Crippen LogP contribution in [0.3, 0.4) is 0 Å². The standard InChI is InChI=1S/C12H17ClFNO3S/c1-11(2,12(3,4)16)15-19(17,18)10-6-5-8(14)7-9(10)13/h5-7,15-16H,1-4H3. The average Bonchev–Trinajstić information content (AvgIpc) is 2.12. The Labute approximate surface area is 117 Å². The molecule has 0 aliphatic heterocycles. The summed E-state index contributed by atoms with van der Waals surface area (Å²) in [5, 5.41) is 9.74. The molecular weight excluding hydrogens is 293 g/mol. The molecule has 19 heavy (non-hydrogen) atoms. The largest absolute Gasteiger partial charge is 0.389 e. The normalized spacial score (nSPS) is 13.6. The summed E-state index contributed by atoms with van der Waals surface area (Å²) in [4.78, 5) is -0.229. The third kappa shape index (κ3) is 3.66. The van der Waals surface area contributed by atoms with E-state index >= 15 is 0 Å². The van der Waals surface area contributed by atoms with E-state index in [1.54, 1.807) is 13.8 Å². The number of aliphatic hydroxyl groups is 1. The minimum Gasteiger partial charge on any atom is -0.389 e. The van der Waals surface area contributed by atoms with E-state index in [9.17, 15) is 17.9 Å². The van der Waals surface area contributed by atoms with Gasteiger partial charge in [-0.2, -0.15) is 0 Å². The maximum atomic E-state index is 12.9. The van der Waals surface area contributed by atoms with Crippen LogP contribution in [-0.4, -0.2) is 24.7 Å². The monoisotopic (exact) mass is 309 g/mol. The van der Waals surface area contributed by atoms with Gasteiger partial charge in [-0.15, -0.1) is 0 Å². The van der Waals surface area contributed by atoms with Crippen LogP contribution in [0.5, 0.6) is 0 Å². The molecule has 1 aromatic carbocycles. The van der Waals surface area contributed by atoms with Crippen molar-refractivity contribution in [2.45, 2.75) is 43.7 Å². The lowest BCUT2D eigenvalue weighted by molar-refractivity contribution is 0.00638. The third-order valence-electron chi connectivity index (χ3n) is 3.10. The number of sulfonamides is 1. The van der Waals surface area contributed by atoms with Crippen molar-refractivity contribution in [3.8, 4) is 0 Å². The summed E-state index contributed by atoms with van der Waals surface area (Å²) in [5.74, 6) is -0.620. The van der Waals surface area contributed by atoms with Gasteiger partial charge in [-0.1, -0.05) is 11.6 Å². The molecule has 0 fully saturated rings. The molecule has 0 aliphatic carbocycles. The summed E-state index contributed by atoms with van der Waals surface area (Å²) >= 11 is 5.74. The van der Waals surface area contributed by atoms with E-state index in [0.29, 0.717) is 0 Å². The Hall–Kier alpha value is -0.690. The van der Waals surface area contributed by atoms with E-state index in [4.69, 9.17) is 11.6 Å². The van der Waals surface area contributed by atoms with Crippen LogP contribution < -0.4 is 4.72 Å². The van der Waals surface area contributed by atoms with Crippen molar-refractivity contribution in [3.63, 3.8) is 0 Å². The number of rotatable bonds is 4. The molecule has 2 N–H and O–H groups in total. The summed E-state index contributed by atoms with van der Waals surface area (Å²) < 4.78 is 39.7. The predicted molar refractivity (Wildman–Crippen MR) is 72.1 cm³/mol. The van der Waals surface area contributed by atoms with Crippen molar-refractivity contribution < 1.29 is 17.9 Å². The smallest absolute Gasteiger partial charge is 0.242 e. The first-order chi connectivity index (χ1) is 8.37. The molecule has 0 saturated heterocycles. The van der Waals surface area contributed by atoms with E-state index < -0.39 is 27.0 Å². The summed E-state index contributed by atoms with van der Waals surface area (Å²) in [6.07, 6.45) is 0.